The Morgan fingerprint density at radius 2 is 0.478 bits per heavy atom. The fourth-order valence-electron chi connectivity index (χ4n) is 18.6. The second kappa shape index (κ2) is 26.9. The van der Waals surface area contributed by atoms with E-state index in [-0.39, 0.29) is 12.1 Å². The number of benzene rings is 17. The Kier molecular flexibility index (Phi) is 16.0. The van der Waals surface area contributed by atoms with Crippen molar-refractivity contribution >= 4 is 101 Å². The second-order valence-electron chi connectivity index (χ2n) is 31.5. The predicted molar refractivity (Wildman–Crippen MR) is 481 cm³/mol. The van der Waals surface area contributed by atoms with Crippen LogP contribution in [-0.2, 0) is 5.41 Å². The van der Waals surface area contributed by atoms with Crippen LogP contribution >= 0.6 is 0 Å². The largest absolute Gasteiger partial charge is 0.310 e. The number of hydrogen-bond acceptors (Lipinski definition) is 2. The highest BCUT2D eigenvalue weighted by Crippen LogP contribution is 2.56. The minimum Gasteiger partial charge on any atom is -0.310 e. The van der Waals surface area contributed by atoms with Gasteiger partial charge in [0, 0.05) is 66.5 Å². The van der Waals surface area contributed by atoms with E-state index in [2.05, 4.69) is 442 Å². The van der Waals surface area contributed by atoms with Gasteiger partial charge in [0.15, 0.2) is 0 Å². The molecule has 0 saturated heterocycles. The molecule has 0 bridgehead atoms. The molecule has 0 fully saturated rings. The first-order chi connectivity index (χ1) is 55.6. The van der Waals surface area contributed by atoms with Crippen molar-refractivity contribution in [2.45, 2.75) is 40.0 Å². The lowest BCUT2D eigenvalue weighted by Gasteiger charge is -2.47. The van der Waals surface area contributed by atoms with Crippen LogP contribution in [0.4, 0.5) is 34.1 Å². The molecule has 2 aromatic heterocycles. The van der Waals surface area contributed by atoms with Gasteiger partial charge in [-0.05, 0) is 192 Å². The molecular formula is C108H79BN4. The van der Waals surface area contributed by atoms with Gasteiger partial charge < -0.3 is 18.9 Å². The number of aromatic nitrogens is 2. The molecule has 0 saturated carbocycles. The maximum absolute atomic E-state index is 2.75. The average molecular weight is 1440 g/mol. The van der Waals surface area contributed by atoms with Gasteiger partial charge in [-0.25, -0.2) is 0 Å². The second-order valence-corrected chi connectivity index (χ2v) is 31.5. The molecule has 5 heteroatoms. The molecule has 4 heterocycles. The van der Waals surface area contributed by atoms with E-state index >= 15 is 0 Å². The van der Waals surface area contributed by atoms with E-state index in [1.165, 1.54) is 99.1 Å². The molecule has 0 amide bonds. The molecule has 0 radical (unpaired) electrons. The highest BCUT2D eigenvalue weighted by molar-refractivity contribution is 7.00. The third-order valence-electron chi connectivity index (χ3n) is 24.0. The molecule has 0 atom stereocenters. The van der Waals surface area contributed by atoms with Crippen molar-refractivity contribution in [3.63, 3.8) is 0 Å². The number of rotatable bonds is 12. The van der Waals surface area contributed by atoms with E-state index in [1.807, 2.05) is 0 Å². The minimum absolute atomic E-state index is 0.278. The molecular weight excluding hydrogens is 1360 g/mol. The van der Waals surface area contributed by atoms with Crippen molar-refractivity contribution in [1.29, 1.82) is 0 Å². The minimum atomic E-state index is -0.352. The number of nitrogens with zero attached hydrogens (tertiary/aromatic N) is 4. The van der Waals surface area contributed by atoms with Crippen molar-refractivity contribution in [3.8, 4) is 100 Å². The van der Waals surface area contributed by atoms with Gasteiger partial charge in [0.1, 0.15) is 0 Å². The molecule has 4 nitrogen and oxygen atoms in total. The zero-order valence-corrected chi connectivity index (χ0v) is 63.8. The quantitative estimate of drug-likeness (QED) is 0.113. The molecule has 534 valence electrons. The standard InChI is InChI=1S/C108H79BN4/c1-70-95(110-97-58-52-80(72-32-14-6-15-33-72)64-89(97)90-65-81(53-59-98(90)110)73-34-16-7-17-35-73)62-56-93-104(70)112(106-85(76-40-22-10-23-41-76)48-30-49-86(106)77-42-24-11-25-43-77)101-68-84(108(3,4)5)69-102-103(101)109(93)94-57-63-96(71(2)105(94)113(102)107-87(78-44-26-12-27-45-78)50-31-51-88(107)79-46-28-13-29-47-79)111-99-60-54-82(74-36-18-8-19-37-74)66-91(99)92-67-83(55-61-100(92)111)75-38-20-9-21-39-75/h6-69H,1-5H3. The van der Waals surface area contributed by atoms with Gasteiger partial charge in [0.05, 0.1) is 44.8 Å². The lowest BCUT2D eigenvalue weighted by molar-refractivity contribution is 0.590. The number of para-hydroxylation sites is 2. The van der Waals surface area contributed by atoms with Crippen LogP contribution in [0.2, 0.25) is 0 Å². The number of hydrogen-bond donors (Lipinski definition) is 0. The van der Waals surface area contributed by atoms with Crippen LogP contribution in [0.1, 0.15) is 37.5 Å². The van der Waals surface area contributed by atoms with E-state index in [4.69, 9.17) is 0 Å². The van der Waals surface area contributed by atoms with Gasteiger partial charge in [-0.2, -0.15) is 0 Å². The SMILES string of the molecule is Cc1c(-n2c3ccc(-c4ccccc4)cc3c3cc(-c4ccccc4)ccc32)ccc2c1N(c1c(-c3ccccc3)cccc1-c1ccccc1)c1cc(C(C)(C)C)cc3c1B2c1ccc(-n2c4ccc(-c5ccccc5)cc4c4cc(-c5ccccc5)ccc42)c(C)c1N3c1c(-c2ccccc2)cccc1-c1ccccc1. The summed E-state index contributed by atoms with van der Waals surface area (Å²) < 4.78 is 5.15. The molecule has 0 spiro atoms. The molecule has 0 aliphatic carbocycles. The van der Waals surface area contributed by atoms with Crippen molar-refractivity contribution in [3.05, 3.63) is 405 Å². The van der Waals surface area contributed by atoms with Gasteiger partial charge in [-0.3, -0.25) is 0 Å². The summed E-state index contributed by atoms with van der Waals surface area (Å²) in [4.78, 5) is 5.49. The molecule has 17 aromatic carbocycles. The Hall–Kier alpha value is -14.0. The van der Waals surface area contributed by atoms with Crippen molar-refractivity contribution in [2.75, 3.05) is 9.80 Å². The van der Waals surface area contributed by atoms with Gasteiger partial charge in [-0.1, -0.05) is 336 Å². The van der Waals surface area contributed by atoms with Crippen molar-refractivity contribution in [2.24, 2.45) is 0 Å². The molecule has 21 rings (SSSR count). The highest BCUT2D eigenvalue weighted by Gasteiger charge is 2.48. The Balaban J connectivity index is 0.912. The summed E-state index contributed by atoms with van der Waals surface area (Å²) in [6.45, 7) is 11.8. The first-order valence-corrected chi connectivity index (χ1v) is 39.5. The summed E-state index contributed by atoms with van der Waals surface area (Å²) >= 11 is 0. The predicted octanol–water partition coefficient (Wildman–Crippen LogP) is 27.2. The van der Waals surface area contributed by atoms with E-state index < -0.39 is 0 Å². The maximum Gasteiger partial charge on any atom is 0.252 e. The van der Waals surface area contributed by atoms with E-state index in [1.54, 1.807) is 0 Å². The molecule has 2 aliphatic rings. The molecule has 0 N–H and O–H groups in total. The fourth-order valence-corrected chi connectivity index (χ4v) is 18.6. The Morgan fingerprint density at radius 1 is 0.221 bits per heavy atom. The van der Waals surface area contributed by atoms with Crippen molar-refractivity contribution in [1.82, 2.24) is 9.13 Å². The Labute approximate surface area is 660 Å². The van der Waals surface area contributed by atoms with Gasteiger partial charge in [0.25, 0.3) is 6.71 Å². The van der Waals surface area contributed by atoms with Crippen LogP contribution in [0.25, 0.3) is 144 Å². The Morgan fingerprint density at radius 3 is 0.735 bits per heavy atom. The summed E-state index contributed by atoms with van der Waals surface area (Å²) in [5.74, 6) is 0. The first-order valence-electron chi connectivity index (χ1n) is 39.5. The van der Waals surface area contributed by atoms with E-state index in [9.17, 15) is 0 Å². The lowest BCUT2D eigenvalue weighted by Crippen LogP contribution is -2.62. The van der Waals surface area contributed by atoms with Crippen molar-refractivity contribution < 1.29 is 0 Å². The summed E-state index contributed by atoms with van der Waals surface area (Å²) in [6, 6.07) is 145. The summed E-state index contributed by atoms with van der Waals surface area (Å²) in [7, 11) is 0. The number of fused-ring (bicyclic) bond motifs is 10. The topological polar surface area (TPSA) is 16.3 Å². The summed E-state index contributed by atoms with van der Waals surface area (Å²) in [6.07, 6.45) is 0. The summed E-state index contributed by atoms with van der Waals surface area (Å²) in [5, 5.41) is 4.81. The molecule has 2 aliphatic heterocycles. The van der Waals surface area contributed by atoms with Crippen LogP contribution in [0.3, 0.4) is 0 Å². The smallest absolute Gasteiger partial charge is 0.252 e. The summed E-state index contributed by atoms with van der Waals surface area (Å²) in [5.41, 5.74) is 39.2. The third kappa shape index (κ3) is 11.0. The normalized spacial score (nSPS) is 12.4. The van der Waals surface area contributed by atoms with Gasteiger partial charge >= 0.3 is 0 Å². The third-order valence-corrected chi connectivity index (χ3v) is 24.0. The maximum atomic E-state index is 2.75. The first kappa shape index (κ1) is 67.1. The van der Waals surface area contributed by atoms with Gasteiger partial charge in [0.2, 0.25) is 0 Å². The average Bonchev–Trinajstić information content (AvgIpc) is 1.01. The molecule has 19 aromatic rings. The number of anilines is 6. The van der Waals surface area contributed by atoms with E-state index in [0.29, 0.717) is 0 Å². The van der Waals surface area contributed by atoms with E-state index in [0.717, 1.165) is 112 Å². The van der Waals surface area contributed by atoms with Crippen LogP contribution in [0, 0.1) is 13.8 Å². The fraction of sp³-hybridized carbons (Fsp3) is 0.0556. The zero-order valence-electron chi connectivity index (χ0n) is 63.8. The Bertz CT molecular complexity index is 6230. The van der Waals surface area contributed by atoms with Crippen LogP contribution in [0.15, 0.2) is 388 Å². The molecule has 0 unspecified atom stereocenters. The monoisotopic (exact) mass is 1440 g/mol. The van der Waals surface area contributed by atoms with Crippen LogP contribution < -0.4 is 26.2 Å². The lowest BCUT2D eigenvalue weighted by atomic mass is 9.33. The van der Waals surface area contributed by atoms with Crippen LogP contribution in [-0.4, -0.2) is 15.8 Å². The molecule has 113 heavy (non-hydrogen) atoms. The van der Waals surface area contributed by atoms with Crippen LogP contribution in [0.5, 0.6) is 0 Å². The van der Waals surface area contributed by atoms with Gasteiger partial charge in [-0.15, -0.1) is 0 Å². The highest BCUT2D eigenvalue weighted by atomic mass is 15.2. The zero-order chi connectivity index (χ0) is 75.6.